The van der Waals surface area contributed by atoms with Crippen molar-refractivity contribution >= 4 is 31.7 Å². The smallest absolute Gasteiger partial charge is 0.480 e. The molecule has 0 fully saturated rings. The molecule has 0 atom stereocenters. The molecule has 0 spiro atoms. The van der Waals surface area contributed by atoms with Gasteiger partial charge in [-0.3, -0.25) is 9.59 Å². The molecule has 0 aromatic heterocycles. The molecule has 6 nitrogen and oxygen atoms in total. The predicted molar refractivity (Wildman–Crippen MR) is 81.1 cm³/mol. The second-order valence-electron chi connectivity index (χ2n) is 4.66. The molecule has 0 heterocycles. The highest BCUT2D eigenvalue weighted by atomic mass is 28.4. The Kier molecular flexibility index (Phi) is 6.06. The Bertz CT molecular complexity index is 565. The first-order chi connectivity index (χ1) is 10.3. The Morgan fingerprint density at radius 3 is 1.91 bits per heavy atom. The molecule has 0 aliphatic heterocycles. The van der Waals surface area contributed by atoms with Gasteiger partial charge >= 0.3 is 14.5 Å². The van der Waals surface area contributed by atoms with Crippen LogP contribution in [-0.2, 0) is 28.0 Å². The van der Waals surface area contributed by atoms with Crippen molar-refractivity contribution in [2.45, 2.75) is 20.8 Å². The van der Waals surface area contributed by atoms with E-state index < -0.39 is 26.5 Å². The third kappa shape index (κ3) is 4.85. The lowest BCUT2D eigenvalue weighted by molar-refractivity contribution is -0.144. The largest absolute Gasteiger partial charge is 0.538 e. The minimum absolute atomic E-state index is 0.196. The third-order valence-electron chi connectivity index (χ3n) is 2.57. The van der Waals surface area contributed by atoms with E-state index in [-0.39, 0.29) is 11.8 Å². The van der Waals surface area contributed by atoms with Gasteiger partial charge in [-0.2, -0.15) is 0 Å². The maximum Gasteiger partial charge on any atom is 0.538 e. The summed E-state index contributed by atoms with van der Waals surface area (Å²) in [4.78, 5) is 34.5. The maximum absolute atomic E-state index is 11.6. The summed E-state index contributed by atoms with van der Waals surface area (Å²) in [7, 11) is -3.59. The number of carbonyl (C=O) groups excluding carboxylic acids is 3. The van der Waals surface area contributed by atoms with Crippen LogP contribution in [-0.4, -0.2) is 32.7 Å². The molecular formula is C15H18O6Si. The van der Waals surface area contributed by atoms with Gasteiger partial charge in [0.25, 0.3) is 11.9 Å². The molecule has 0 bridgehead atoms. The summed E-state index contributed by atoms with van der Waals surface area (Å²) in [6.45, 7) is 7.37. The average Bonchev–Trinajstić information content (AvgIpc) is 2.44. The van der Waals surface area contributed by atoms with Crippen LogP contribution in [0.15, 0.2) is 42.5 Å². The van der Waals surface area contributed by atoms with Gasteiger partial charge in [0, 0.05) is 24.6 Å². The molecule has 0 amide bonds. The Labute approximate surface area is 129 Å². The van der Waals surface area contributed by atoms with E-state index >= 15 is 0 Å². The Morgan fingerprint density at radius 1 is 1.00 bits per heavy atom. The van der Waals surface area contributed by atoms with Gasteiger partial charge in [-0.05, 0) is 6.92 Å². The summed E-state index contributed by atoms with van der Waals surface area (Å²) in [6, 6.07) is 8.51. The van der Waals surface area contributed by atoms with E-state index in [0.717, 1.165) is 0 Å². The second kappa shape index (κ2) is 7.55. The Morgan fingerprint density at radius 2 is 1.50 bits per heavy atom. The highest BCUT2D eigenvalue weighted by Gasteiger charge is 2.48. The summed E-state index contributed by atoms with van der Waals surface area (Å²) in [6.07, 6.45) is -0.331. The van der Waals surface area contributed by atoms with Crippen molar-refractivity contribution in [2.75, 3.05) is 6.23 Å². The molecular weight excluding hydrogens is 304 g/mol. The molecule has 22 heavy (non-hydrogen) atoms. The zero-order valence-electron chi connectivity index (χ0n) is 12.8. The third-order valence-corrected chi connectivity index (χ3v) is 5.54. The SMILES string of the molecule is C=C(C)C(=O)OC[Si](OC(C)=O)(OC(C)=O)c1ccccc1. The van der Waals surface area contributed by atoms with Crippen LogP contribution in [0.5, 0.6) is 0 Å². The van der Waals surface area contributed by atoms with Gasteiger partial charge in [0.2, 0.25) is 0 Å². The Balaban J connectivity index is 3.19. The summed E-state index contributed by atoms with van der Waals surface area (Å²) in [5, 5.41) is 0.509. The van der Waals surface area contributed by atoms with Crippen LogP contribution < -0.4 is 5.19 Å². The lowest BCUT2D eigenvalue weighted by Gasteiger charge is -2.28. The molecule has 7 heteroatoms. The van der Waals surface area contributed by atoms with E-state index in [0.29, 0.717) is 5.19 Å². The molecule has 1 rings (SSSR count). The zero-order valence-corrected chi connectivity index (χ0v) is 13.8. The first-order valence-electron chi connectivity index (χ1n) is 6.54. The van der Waals surface area contributed by atoms with E-state index in [1.807, 2.05) is 0 Å². The highest BCUT2D eigenvalue weighted by molar-refractivity contribution is 6.83. The summed E-state index contributed by atoms with van der Waals surface area (Å²) in [5.74, 6) is -1.89. The quantitative estimate of drug-likeness (QED) is 0.444. The normalized spacial score (nSPS) is 10.5. The first kappa shape index (κ1) is 17.6. The van der Waals surface area contributed by atoms with Crippen LogP contribution in [0.3, 0.4) is 0 Å². The van der Waals surface area contributed by atoms with Gasteiger partial charge in [-0.15, -0.1) is 0 Å². The minimum atomic E-state index is -3.59. The molecule has 0 saturated heterocycles. The van der Waals surface area contributed by atoms with Gasteiger partial charge in [-0.1, -0.05) is 36.9 Å². The van der Waals surface area contributed by atoms with Gasteiger partial charge in [0.15, 0.2) is 6.23 Å². The number of hydrogen-bond acceptors (Lipinski definition) is 6. The summed E-state index contributed by atoms with van der Waals surface area (Å²) < 4.78 is 15.7. The average molecular weight is 322 g/mol. The van der Waals surface area contributed by atoms with E-state index in [2.05, 4.69) is 6.58 Å². The molecule has 1 aromatic rings. The van der Waals surface area contributed by atoms with Crippen LogP contribution in [0.4, 0.5) is 0 Å². The van der Waals surface area contributed by atoms with Crippen LogP contribution in [0, 0.1) is 0 Å². The zero-order chi connectivity index (χ0) is 16.8. The van der Waals surface area contributed by atoms with Crippen molar-refractivity contribution in [3.63, 3.8) is 0 Å². The van der Waals surface area contributed by atoms with Crippen molar-refractivity contribution in [2.24, 2.45) is 0 Å². The fourth-order valence-electron chi connectivity index (χ4n) is 1.72. The van der Waals surface area contributed by atoms with Crippen molar-refractivity contribution in [1.29, 1.82) is 0 Å². The molecule has 0 radical (unpaired) electrons. The predicted octanol–water partition coefficient (Wildman–Crippen LogP) is 1.12. The minimum Gasteiger partial charge on any atom is -0.480 e. The van der Waals surface area contributed by atoms with Crippen LogP contribution >= 0.6 is 0 Å². The lowest BCUT2D eigenvalue weighted by Crippen LogP contribution is -2.60. The Hall–Kier alpha value is -2.41. The molecule has 0 N–H and O–H groups in total. The topological polar surface area (TPSA) is 78.9 Å². The van der Waals surface area contributed by atoms with Gasteiger partial charge < -0.3 is 13.6 Å². The second-order valence-corrected chi connectivity index (χ2v) is 7.44. The monoisotopic (exact) mass is 322 g/mol. The van der Waals surface area contributed by atoms with E-state index in [1.165, 1.54) is 20.8 Å². The van der Waals surface area contributed by atoms with E-state index in [9.17, 15) is 14.4 Å². The number of benzene rings is 1. The fraction of sp³-hybridized carbons (Fsp3) is 0.267. The van der Waals surface area contributed by atoms with Crippen LogP contribution in [0.1, 0.15) is 20.8 Å². The molecule has 118 valence electrons. The molecule has 0 aliphatic carbocycles. The van der Waals surface area contributed by atoms with Gasteiger partial charge in [-0.25, -0.2) is 4.79 Å². The number of carbonyl (C=O) groups is 3. The highest BCUT2D eigenvalue weighted by Crippen LogP contribution is 2.12. The van der Waals surface area contributed by atoms with E-state index in [4.69, 9.17) is 13.6 Å². The van der Waals surface area contributed by atoms with Crippen molar-refractivity contribution in [3.05, 3.63) is 42.5 Å². The number of esters is 1. The summed E-state index contributed by atoms with van der Waals surface area (Å²) >= 11 is 0. The van der Waals surface area contributed by atoms with Crippen molar-refractivity contribution < 1.29 is 28.0 Å². The number of rotatable bonds is 6. The van der Waals surface area contributed by atoms with E-state index in [1.54, 1.807) is 30.3 Å². The van der Waals surface area contributed by atoms with Gasteiger partial charge in [0.1, 0.15) is 0 Å². The molecule has 1 aromatic carbocycles. The molecule has 0 unspecified atom stereocenters. The summed E-state index contributed by atoms with van der Waals surface area (Å²) in [5.41, 5.74) is 0.196. The van der Waals surface area contributed by atoms with Crippen molar-refractivity contribution in [1.82, 2.24) is 0 Å². The van der Waals surface area contributed by atoms with Crippen LogP contribution in [0.2, 0.25) is 0 Å². The van der Waals surface area contributed by atoms with Crippen molar-refractivity contribution in [3.8, 4) is 0 Å². The molecule has 0 aliphatic rings. The standard InChI is InChI=1S/C15H18O6Si/c1-11(2)15(18)19-10-22(20-12(3)16,21-13(4)17)14-8-6-5-7-9-14/h5-9H,1,10H2,2-4H3. The molecule has 0 saturated carbocycles. The maximum atomic E-state index is 11.6. The fourth-order valence-corrected chi connectivity index (χ4v) is 4.23. The van der Waals surface area contributed by atoms with Gasteiger partial charge in [0.05, 0.1) is 0 Å². The number of ether oxygens (including phenoxy) is 1. The number of hydrogen-bond donors (Lipinski definition) is 0. The first-order valence-corrected chi connectivity index (χ1v) is 8.56. The lowest BCUT2D eigenvalue weighted by atomic mass is 10.4. The van der Waals surface area contributed by atoms with Crippen LogP contribution in [0.25, 0.3) is 0 Å².